The molecule has 0 amide bonds. The van der Waals surface area contributed by atoms with Crippen molar-refractivity contribution in [2.75, 3.05) is 0 Å². The molecular formula is C11H12F2N2O. The average molecular weight is 226 g/mol. The first kappa shape index (κ1) is 10.9. The van der Waals surface area contributed by atoms with E-state index in [1.807, 2.05) is 13.8 Å². The zero-order chi connectivity index (χ0) is 11.9. The van der Waals surface area contributed by atoms with Crippen molar-refractivity contribution in [3.63, 3.8) is 0 Å². The number of aromatic nitrogens is 2. The van der Waals surface area contributed by atoms with E-state index >= 15 is 0 Å². The van der Waals surface area contributed by atoms with Gasteiger partial charge in [0, 0.05) is 18.2 Å². The molecule has 1 atom stereocenters. The van der Waals surface area contributed by atoms with Crippen LogP contribution in [0.4, 0.5) is 8.78 Å². The second kappa shape index (κ2) is 3.73. The number of H-pyrrole nitrogens is 1. The van der Waals surface area contributed by atoms with E-state index in [1.54, 1.807) is 0 Å². The highest BCUT2D eigenvalue weighted by Gasteiger charge is 2.14. The lowest BCUT2D eigenvalue weighted by Gasteiger charge is -2.10. The highest BCUT2D eigenvalue weighted by atomic mass is 19.2. The molecule has 0 radical (unpaired) electrons. The predicted molar refractivity (Wildman–Crippen MR) is 57.5 cm³/mol. The number of fused-ring (bicyclic) bond motifs is 1. The number of imidazole rings is 1. The molecule has 16 heavy (non-hydrogen) atoms. The Morgan fingerprint density at radius 1 is 1.38 bits per heavy atom. The summed E-state index contributed by atoms with van der Waals surface area (Å²) in [4.78, 5) is 14.1. The van der Waals surface area contributed by atoms with Gasteiger partial charge < -0.3 is 4.98 Å². The number of hydrogen-bond donors (Lipinski definition) is 1. The van der Waals surface area contributed by atoms with Gasteiger partial charge in [0.1, 0.15) is 0 Å². The van der Waals surface area contributed by atoms with Crippen LogP contribution in [-0.2, 0) is 0 Å². The standard InChI is InChI=1S/C11H12F2N2O/c1-3-6(2)15-10-5-8(13)7(12)4-9(10)14-11(15)16/h4-6H,3H2,1-2H3,(H,14,16). The molecule has 0 bridgehead atoms. The fraction of sp³-hybridized carbons (Fsp3) is 0.364. The number of hydrogen-bond acceptors (Lipinski definition) is 1. The molecule has 0 aliphatic carbocycles. The molecule has 1 unspecified atom stereocenters. The molecule has 0 saturated carbocycles. The molecular weight excluding hydrogens is 214 g/mol. The molecule has 5 heteroatoms. The molecule has 1 heterocycles. The van der Waals surface area contributed by atoms with Crippen LogP contribution in [0.1, 0.15) is 26.3 Å². The molecule has 2 rings (SSSR count). The maximum absolute atomic E-state index is 13.1. The third-order valence-corrected chi connectivity index (χ3v) is 2.79. The van der Waals surface area contributed by atoms with Gasteiger partial charge in [0.05, 0.1) is 11.0 Å². The topological polar surface area (TPSA) is 37.8 Å². The fourth-order valence-corrected chi connectivity index (χ4v) is 1.74. The third kappa shape index (κ3) is 1.52. The lowest BCUT2D eigenvalue weighted by Crippen LogP contribution is -2.19. The van der Waals surface area contributed by atoms with Crippen LogP contribution in [0.2, 0.25) is 0 Å². The smallest absolute Gasteiger partial charge is 0.305 e. The Kier molecular flexibility index (Phi) is 2.53. The van der Waals surface area contributed by atoms with Crippen molar-refractivity contribution in [1.29, 1.82) is 0 Å². The highest BCUT2D eigenvalue weighted by molar-refractivity contribution is 5.75. The Bertz CT molecular complexity index is 585. The van der Waals surface area contributed by atoms with Crippen LogP contribution in [0.25, 0.3) is 11.0 Å². The summed E-state index contributed by atoms with van der Waals surface area (Å²) in [6.07, 6.45) is 0.742. The van der Waals surface area contributed by atoms with Gasteiger partial charge in [-0.25, -0.2) is 13.6 Å². The molecule has 2 aromatic rings. The van der Waals surface area contributed by atoms with Crippen LogP contribution in [0, 0.1) is 11.6 Å². The predicted octanol–water partition coefficient (Wildman–Crippen LogP) is 2.58. The van der Waals surface area contributed by atoms with E-state index in [2.05, 4.69) is 4.98 Å². The van der Waals surface area contributed by atoms with Gasteiger partial charge in [-0.15, -0.1) is 0 Å². The average Bonchev–Trinajstić information content (AvgIpc) is 2.54. The van der Waals surface area contributed by atoms with Gasteiger partial charge >= 0.3 is 5.69 Å². The van der Waals surface area contributed by atoms with Crippen LogP contribution >= 0.6 is 0 Å². The maximum atomic E-state index is 13.1. The Labute approximate surface area is 90.7 Å². The van der Waals surface area contributed by atoms with E-state index in [0.29, 0.717) is 11.0 Å². The van der Waals surface area contributed by atoms with Crippen molar-refractivity contribution in [2.24, 2.45) is 0 Å². The minimum atomic E-state index is -0.954. The molecule has 1 aromatic carbocycles. The van der Waals surface area contributed by atoms with Crippen molar-refractivity contribution in [3.05, 3.63) is 34.3 Å². The molecule has 1 aromatic heterocycles. The normalized spacial score (nSPS) is 13.2. The summed E-state index contributed by atoms with van der Waals surface area (Å²) in [6.45, 7) is 3.78. The van der Waals surface area contributed by atoms with Crippen molar-refractivity contribution >= 4 is 11.0 Å². The van der Waals surface area contributed by atoms with Gasteiger partial charge in [0.25, 0.3) is 0 Å². The Hall–Kier alpha value is -1.65. The van der Waals surface area contributed by atoms with E-state index in [0.717, 1.165) is 18.6 Å². The van der Waals surface area contributed by atoms with Crippen molar-refractivity contribution in [3.8, 4) is 0 Å². The molecule has 3 nitrogen and oxygen atoms in total. The number of halogens is 2. The lowest BCUT2D eigenvalue weighted by atomic mass is 10.2. The second-order valence-electron chi connectivity index (χ2n) is 3.84. The van der Waals surface area contributed by atoms with Crippen LogP contribution in [0.15, 0.2) is 16.9 Å². The molecule has 0 aliphatic heterocycles. The van der Waals surface area contributed by atoms with Gasteiger partial charge in [-0.1, -0.05) is 6.92 Å². The van der Waals surface area contributed by atoms with Crippen molar-refractivity contribution in [2.45, 2.75) is 26.3 Å². The first-order chi connectivity index (χ1) is 7.54. The first-order valence-electron chi connectivity index (χ1n) is 5.13. The fourth-order valence-electron chi connectivity index (χ4n) is 1.74. The van der Waals surface area contributed by atoms with Gasteiger partial charge in [0.15, 0.2) is 11.6 Å². The Balaban J connectivity index is 2.79. The Morgan fingerprint density at radius 2 is 2.00 bits per heavy atom. The monoisotopic (exact) mass is 226 g/mol. The third-order valence-electron chi connectivity index (χ3n) is 2.79. The van der Waals surface area contributed by atoms with Gasteiger partial charge in [-0.05, 0) is 13.3 Å². The number of nitrogens with zero attached hydrogens (tertiary/aromatic N) is 1. The van der Waals surface area contributed by atoms with Crippen molar-refractivity contribution < 1.29 is 8.78 Å². The van der Waals surface area contributed by atoms with Gasteiger partial charge in [-0.3, -0.25) is 4.57 Å². The summed E-state index contributed by atoms with van der Waals surface area (Å²) in [5.74, 6) is -1.89. The Morgan fingerprint density at radius 3 is 2.62 bits per heavy atom. The molecule has 1 N–H and O–H groups in total. The van der Waals surface area contributed by atoms with Crippen LogP contribution in [0.3, 0.4) is 0 Å². The number of rotatable bonds is 2. The van der Waals surface area contributed by atoms with Crippen LogP contribution < -0.4 is 5.69 Å². The quantitative estimate of drug-likeness (QED) is 0.839. The maximum Gasteiger partial charge on any atom is 0.326 e. The van der Waals surface area contributed by atoms with E-state index < -0.39 is 11.6 Å². The highest BCUT2D eigenvalue weighted by Crippen LogP contribution is 2.19. The van der Waals surface area contributed by atoms with Crippen LogP contribution in [0.5, 0.6) is 0 Å². The largest absolute Gasteiger partial charge is 0.326 e. The SMILES string of the molecule is CCC(C)n1c(=O)[nH]c2cc(F)c(F)cc21. The van der Waals surface area contributed by atoms with E-state index in [1.165, 1.54) is 4.57 Å². The molecule has 86 valence electrons. The van der Waals surface area contributed by atoms with E-state index in [9.17, 15) is 13.6 Å². The molecule has 0 aliphatic rings. The zero-order valence-electron chi connectivity index (χ0n) is 9.05. The minimum Gasteiger partial charge on any atom is -0.305 e. The summed E-state index contributed by atoms with van der Waals surface area (Å²) in [5, 5.41) is 0. The van der Waals surface area contributed by atoms with Crippen molar-refractivity contribution in [1.82, 2.24) is 9.55 Å². The van der Waals surface area contributed by atoms with E-state index in [-0.39, 0.29) is 11.7 Å². The number of aromatic amines is 1. The summed E-state index contributed by atoms with van der Waals surface area (Å²) >= 11 is 0. The van der Waals surface area contributed by atoms with Gasteiger partial charge in [0.2, 0.25) is 0 Å². The summed E-state index contributed by atoms with van der Waals surface area (Å²) in [7, 11) is 0. The molecule has 0 saturated heterocycles. The number of benzene rings is 1. The van der Waals surface area contributed by atoms with Crippen LogP contribution in [-0.4, -0.2) is 9.55 Å². The summed E-state index contributed by atoms with van der Waals surface area (Å²) < 4.78 is 27.5. The number of nitrogens with one attached hydrogen (secondary N) is 1. The van der Waals surface area contributed by atoms with Gasteiger partial charge in [-0.2, -0.15) is 0 Å². The first-order valence-corrected chi connectivity index (χ1v) is 5.13. The zero-order valence-corrected chi connectivity index (χ0v) is 9.05. The minimum absolute atomic E-state index is 0.0499. The second-order valence-corrected chi connectivity index (χ2v) is 3.84. The lowest BCUT2D eigenvalue weighted by molar-refractivity contribution is 0.506. The summed E-state index contributed by atoms with van der Waals surface area (Å²) in [6, 6.07) is 2.01. The molecule has 0 fully saturated rings. The molecule has 0 spiro atoms. The van der Waals surface area contributed by atoms with E-state index in [4.69, 9.17) is 0 Å². The summed E-state index contributed by atoms with van der Waals surface area (Å²) in [5.41, 5.74) is 0.386.